The van der Waals surface area contributed by atoms with Gasteiger partial charge in [0.2, 0.25) is 0 Å². The van der Waals surface area contributed by atoms with Gasteiger partial charge in [0, 0.05) is 57.0 Å². The van der Waals surface area contributed by atoms with Crippen molar-refractivity contribution < 1.29 is 35.0 Å². The maximum absolute atomic E-state index is 11.9. The molecule has 8 aliphatic rings. The average molecular weight is 585 g/mol. The van der Waals surface area contributed by atoms with Crippen LogP contribution in [0, 0.1) is 11.8 Å². The summed E-state index contributed by atoms with van der Waals surface area (Å²) in [7, 11) is 4.17. The maximum atomic E-state index is 11.9. The van der Waals surface area contributed by atoms with E-state index >= 15 is 0 Å². The molecule has 0 radical (unpaired) electrons. The van der Waals surface area contributed by atoms with Gasteiger partial charge in [-0.3, -0.25) is 4.90 Å². The summed E-state index contributed by atoms with van der Waals surface area (Å²) in [4.78, 5) is 4.57. The van der Waals surface area contributed by atoms with Gasteiger partial charge in [-0.25, -0.2) is 0 Å². The number of hydrogen-bond donors (Lipinski definition) is 5. The number of benzene rings is 2. The molecule has 11 atom stereocenters. The first-order valence-corrected chi connectivity index (χ1v) is 15.6. The van der Waals surface area contributed by atoms with Crippen molar-refractivity contribution in [1.29, 1.82) is 0 Å². The lowest BCUT2D eigenvalue weighted by atomic mass is 9.52. The van der Waals surface area contributed by atoms with Gasteiger partial charge in [0.25, 0.3) is 0 Å². The van der Waals surface area contributed by atoms with Crippen LogP contribution in [-0.4, -0.2) is 99.0 Å². The first-order valence-electron chi connectivity index (χ1n) is 15.6. The first-order chi connectivity index (χ1) is 20.7. The van der Waals surface area contributed by atoms with Gasteiger partial charge in [-0.2, -0.15) is 0 Å². The summed E-state index contributed by atoms with van der Waals surface area (Å²) in [5.41, 5.74) is 3.35. The molecule has 4 aliphatic heterocycles. The Morgan fingerprint density at radius 2 is 1.33 bits per heavy atom. The van der Waals surface area contributed by atoms with Gasteiger partial charge >= 0.3 is 0 Å². The minimum atomic E-state index is -0.846. The Hall–Kier alpha value is -3.08. The van der Waals surface area contributed by atoms with Crippen molar-refractivity contribution in [2.45, 2.75) is 72.7 Å². The summed E-state index contributed by atoms with van der Waals surface area (Å²) in [5.74, 6) is 0.641. The Balaban J connectivity index is 1.21. The minimum absolute atomic E-state index is 0.0631. The molecular weight excluding hydrogens is 548 g/mol. The molecule has 9 heteroatoms. The minimum Gasteiger partial charge on any atom is -0.504 e. The highest BCUT2D eigenvalue weighted by Crippen LogP contribution is 2.68. The Morgan fingerprint density at radius 1 is 0.744 bits per heavy atom. The van der Waals surface area contributed by atoms with E-state index in [4.69, 9.17) is 9.47 Å². The fourth-order valence-corrected chi connectivity index (χ4v) is 11.1. The molecule has 43 heavy (non-hydrogen) atoms. The molecule has 2 fully saturated rings. The van der Waals surface area contributed by atoms with E-state index in [1.807, 2.05) is 31.3 Å². The molecule has 0 aromatic heterocycles. The molecule has 2 aromatic rings. The van der Waals surface area contributed by atoms with E-state index in [1.54, 1.807) is 6.08 Å². The van der Waals surface area contributed by atoms with E-state index in [1.165, 1.54) is 0 Å². The number of phenols is 2. The van der Waals surface area contributed by atoms with E-state index in [0.717, 1.165) is 49.0 Å². The van der Waals surface area contributed by atoms with Gasteiger partial charge in [0.1, 0.15) is 24.4 Å². The fourth-order valence-electron chi connectivity index (χ4n) is 11.1. The number of phenolic OH excluding ortho intramolecular Hbond substituents is 2. The molecule has 4 aliphatic carbocycles. The fraction of sp³-hybridized carbons (Fsp3) is 0.529. The Morgan fingerprint density at radius 3 is 2.02 bits per heavy atom. The molecule has 0 saturated carbocycles. The monoisotopic (exact) mass is 584 g/mol. The van der Waals surface area contributed by atoms with Crippen LogP contribution in [0.2, 0.25) is 0 Å². The quantitative estimate of drug-likeness (QED) is 0.320. The highest BCUT2D eigenvalue weighted by molar-refractivity contribution is 5.85. The van der Waals surface area contributed by atoms with Crippen LogP contribution in [0.15, 0.2) is 36.4 Å². The molecule has 2 spiro atoms. The third-order valence-electron chi connectivity index (χ3n) is 12.9. The van der Waals surface area contributed by atoms with E-state index in [9.17, 15) is 25.5 Å². The molecule has 0 unspecified atom stereocenters. The van der Waals surface area contributed by atoms with Gasteiger partial charge in [-0.05, 0) is 69.7 Å². The van der Waals surface area contributed by atoms with Crippen LogP contribution in [0.25, 0.3) is 11.1 Å². The van der Waals surface area contributed by atoms with Crippen LogP contribution in [0.4, 0.5) is 0 Å². The Kier molecular flexibility index (Phi) is 4.56. The second kappa shape index (κ2) is 7.76. The predicted molar refractivity (Wildman–Crippen MR) is 155 cm³/mol. The number of aliphatic hydroxyl groups excluding tert-OH is 3. The van der Waals surface area contributed by atoms with Crippen molar-refractivity contribution in [1.82, 2.24) is 9.80 Å². The number of piperidine rings is 2. The lowest BCUT2D eigenvalue weighted by molar-refractivity contribution is -0.0823. The standard InChI is InChI=1S/C34H36N2O7/c1-35-9-7-33-18-3-5-21(37)31(33)42-29-23(33)14(12-20(18)35)11-15(27(29)40)16-13-17-24-30(28(16)41)43-32-22(38)6-4-19-25(26(17)39)36(2)10-8-34(19,24)32/h3-6,11,13,18-22,25-26,31-32,37-41H,7-10,12H2,1-2H3/t18-,19-,20+,21-,22-,25-,26-,31-,32-,33-,34-/m0/s1. The highest BCUT2D eigenvalue weighted by atomic mass is 16.5. The molecule has 4 bridgehead atoms. The van der Waals surface area contributed by atoms with Crippen molar-refractivity contribution in [2.24, 2.45) is 11.8 Å². The summed E-state index contributed by atoms with van der Waals surface area (Å²) in [6.45, 7) is 1.62. The molecule has 224 valence electrons. The third kappa shape index (κ3) is 2.60. The molecule has 9 nitrogen and oxygen atoms in total. The average Bonchev–Trinajstić information content (AvgIpc) is 3.53. The topological polar surface area (TPSA) is 126 Å². The molecular formula is C34H36N2O7. The molecule has 10 rings (SSSR count). The van der Waals surface area contributed by atoms with Crippen LogP contribution in [0.3, 0.4) is 0 Å². The maximum Gasteiger partial charge on any atom is 0.166 e. The van der Waals surface area contributed by atoms with Crippen molar-refractivity contribution in [3.05, 3.63) is 58.7 Å². The molecule has 0 amide bonds. The molecule has 2 saturated heterocycles. The zero-order valence-corrected chi connectivity index (χ0v) is 24.1. The zero-order chi connectivity index (χ0) is 29.3. The van der Waals surface area contributed by atoms with E-state index in [-0.39, 0.29) is 35.4 Å². The Bertz CT molecular complexity index is 1700. The second-order valence-electron chi connectivity index (χ2n) is 14.3. The molecule has 4 heterocycles. The number of rotatable bonds is 1. The summed E-state index contributed by atoms with van der Waals surface area (Å²) in [6, 6.07) is 3.82. The number of nitrogens with zero attached hydrogens (tertiary/aromatic N) is 2. The number of likely N-dealkylation sites (tertiary alicyclic amines) is 2. The van der Waals surface area contributed by atoms with Gasteiger partial charge in [-0.15, -0.1) is 0 Å². The smallest absolute Gasteiger partial charge is 0.166 e. The number of aliphatic hydroxyl groups is 3. The largest absolute Gasteiger partial charge is 0.504 e. The van der Waals surface area contributed by atoms with Crippen molar-refractivity contribution in [3.8, 4) is 34.1 Å². The van der Waals surface area contributed by atoms with Gasteiger partial charge in [-0.1, -0.05) is 24.3 Å². The number of hydrogen-bond acceptors (Lipinski definition) is 9. The van der Waals surface area contributed by atoms with E-state index in [0.29, 0.717) is 28.2 Å². The summed E-state index contributed by atoms with van der Waals surface area (Å²) < 4.78 is 13.0. The summed E-state index contributed by atoms with van der Waals surface area (Å²) in [6.07, 6.45) is 6.56. The number of likely N-dealkylation sites (N-methyl/N-ethyl adjacent to an activating group) is 2. The van der Waals surface area contributed by atoms with Crippen molar-refractivity contribution in [2.75, 3.05) is 27.2 Å². The third-order valence-corrected chi connectivity index (χ3v) is 12.9. The lowest BCUT2D eigenvalue weighted by Gasteiger charge is -2.57. The number of ether oxygens (including phenoxy) is 2. The van der Waals surface area contributed by atoms with Crippen LogP contribution in [0.1, 0.15) is 41.2 Å². The van der Waals surface area contributed by atoms with Crippen molar-refractivity contribution in [3.63, 3.8) is 0 Å². The van der Waals surface area contributed by atoms with Crippen LogP contribution in [-0.2, 0) is 17.3 Å². The lowest BCUT2D eigenvalue weighted by Crippen LogP contribution is -2.65. The summed E-state index contributed by atoms with van der Waals surface area (Å²) >= 11 is 0. The number of aromatic hydroxyl groups is 2. The van der Waals surface area contributed by atoms with Gasteiger partial charge in [0.05, 0.1) is 6.10 Å². The Labute approximate surface area is 249 Å². The van der Waals surface area contributed by atoms with Crippen LogP contribution in [0.5, 0.6) is 23.0 Å². The summed E-state index contributed by atoms with van der Waals surface area (Å²) in [5, 5.41) is 57.9. The zero-order valence-electron chi connectivity index (χ0n) is 24.1. The van der Waals surface area contributed by atoms with Gasteiger partial charge in [0.15, 0.2) is 23.0 Å². The first kappa shape index (κ1) is 25.3. The van der Waals surface area contributed by atoms with Crippen LogP contribution >= 0.6 is 0 Å². The molecule has 5 N–H and O–H groups in total. The molecule has 2 aromatic carbocycles. The SMILES string of the molecule is CN1CC[C@]23c4c5cc(-c6cc7c8c(c6O)O[C@H]6[C@@H](O)C=C[C@H]9[C@@H](C7)N(C)CC[C@@]896)c(O)c4O[C@H]2[C@@H](O)C=C[C@H]3[C@H]1[C@H]5O. The van der Waals surface area contributed by atoms with Crippen LogP contribution < -0.4 is 9.47 Å². The van der Waals surface area contributed by atoms with Crippen molar-refractivity contribution >= 4 is 0 Å². The second-order valence-corrected chi connectivity index (χ2v) is 14.3. The van der Waals surface area contributed by atoms with Gasteiger partial charge < -0.3 is 39.9 Å². The van der Waals surface area contributed by atoms with E-state index < -0.39 is 41.3 Å². The van der Waals surface area contributed by atoms with E-state index in [2.05, 4.69) is 22.9 Å². The normalized spacial score (nSPS) is 44.1. The highest BCUT2D eigenvalue weighted by Gasteiger charge is 2.67. The predicted octanol–water partition coefficient (Wildman–Crippen LogP) is 1.87.